The summed E-state index contributed by atoms with van der Waals surface area (Å²) in [4.78, 5) is 0. The first-order valence-corrected chi connectivity index (χ1v) is 8.16. The van der Waals surface area contributed by atoms with E-state index in [9.17, 15) is 13.2 Å². The summed E-state index contributed by atoms with van der Waals surface area (Å²) in [5.41, 5.74) is 1.62. The van der Waals surface area contributed by atoms with Gasteiger partial charge in [0.25, 0.3) is 0 Å². The lowest BCUT2D eigenvalue weighted by Gasteiger charge is -2.25. The minimum atomic E-state index is -3.00. The van der Waals surface area contributed by atoms with Gasteiger partial charge in [-0.25, -0.2) is 4.39 Å². The fraction of sp³-hybridized carbons (Fsp3) is 0.118. The van der Waals surface area contributed by atoms with Crippen LogP contribution in [0.25, 0.3) is 5.70 Å². The summed E-state index contributed by atoms with van der Waals surface area (Å²) in [6, 6.07) is 9.46. The van der Waals surface area contributed by atoms with Crippen LogP contribution < -0.4 is 10.1 Å². The zero-order chi connectivity index (χ0) is 19.0. The second-order valence-electron chi connectivity index (χ2n) is 5.66. The van der Waals surface area contributed by atoms with Gasteiger partial charge >= 0.3 is 6.61 Å². The lowest BCUT2D eigenvalue weighted by molar-refractivity contribution is -0.0506. The summed E-state index contributed by atoms with van der Waals surface area (Å²) in [6.07, 6.45) is 1.72. The van der Waals surface area contributed by atoms with Crippen molar-refractivity contribution in [1.82, 2.24) is 20.2 Å². The fourth-order valence-electron chi connectivity index (χ4n) is 2.83. The van der Waals surface area contributed by atoms with Crippen LogP contribution in [-0.4, -0.2) is 26.8 Å². The van der Waals surface area contributed by atoms with Gasteiger partial charge in [0.1, 0.15) is 17.6 Å². The van der Waals surface area contributed by atoms with Crippen molar-refractivity contribution < 1.29 is 17.9 Å². The van der Waals surface area contributed by atoms with Crippen molar-refractivity contribution in [2.45, 2.75) is 12.7 Å². The number of halogens is 4. The molecule has 0 spiro atoms. The van der Waals surface area contributed by atoms with E-state index >= 15 is 0 Å². The van der Waals surface area contributed by atoms with E-state index in [2.05, 4.69) is 25.6 Å². The third kappa shape index (κ3) is 3.45. The molecule has 4 rings (SSSR count). The van der Waals surface area contributed by atoms with E-state index in [4.69, 9.17) is 11.6 Å². The number of alkyl halides is 2. The molecular formula is C17H11ClF3N5O. The van der Waals surface area contributed by atoms with Crippen LogP contribution in [0.1, 0.15) is 17.2 Å². The number of allylic oxidation sites excluding steroid dienone is 1. The fourth-order valence-corrected chi connectivity index (χ4v) is 3.01. The zero-order valence-corrected chi connectivity index (χ0v) is 14.2. The number of benzene rings is 2. The van der Waals surface area contributed by atoms with Gasteiger partial charge in [0.2, 0.25) is 5.95 Å². The van der Waals surface area contributed by atoms with Crippen molar-refractivity contribution in [2.75, 3.05) is 5.32 Å². The van der Waals surface area contributed by atoms with E-state index in [1.807, 2.05) is 0 Å². The highest BCUT2D eigenvalue weighted by Gasteiger charge is 2.27. The van der Waals surface area contributed by atoms with Gasteiger partial charge < -0.3 is 10.1 Å². The molecule has 1 unspecified atom stereocenters. The molecule has 1 aliphatic heterocycles. The normalized spacial score (nSPS) is 15.9. The average Bonchev–Trinajstić information content (AvgIpc) is 3.11. The van der Waals surface area contributed by atoms with E-state index < -0.39 is 12.7 Å². The van der Waals surface area contributed by atoms with E-state index in [1.54, 1.807) is 18.2 Å². The number of hydrogen-bond donors (Lipinski definition) is 1. The molecule has 0 aliphatic carbocycles. The van der Waals surface area contributed by atoms with E-state index in [0.717, 1.165) is 0 Å². The average molecular weight is 394 g/mol. The number of tetrazole rings is 1. The molecule has 138 valence electrons. The summed E-state index contributed by atoms with van der Waals surface area (Å²) < 4.78 is 44.9. The van der Waals surface area contributed by atoms with Gasteiger partial charge in [0, 0.05) is 16.3 Å². The van der Waals surface area contributed by atoms with Crippen LogP contribution in [0.5, 0.6) is 5.75 Å². The topological polar surface area (TPSA) is 64.9 Å². The quantitative estimate of drug-likeness (QED) is 0.722. The molecule has 1 N–H and O–H groups in total. The summed E-state index contributed by atoms with van der Waals surface area (Å²) in [5.74, 6) is -0.124. The second kappa shape index (κ2) is 6.92. The van der Waals surface area contributed by atoms with Crippen LogP contribution >= 0.6 is 11.6 Å². The first-order valence-electron chi connectivity index (χ1n) is 7.78. The predicted octanol–water partition coefficient (Wildman–Crippen LogP) is 4.12. The monoisotopic (exact) mass is 393 g/mol. The summed E-state index contributed by atoms with van der Waals surface area (Å²) >= 11 is 6.06. The Balaban J connectivity index is 1.83. The van der Waals surface area contributed by atoms with Crippen LogP contribution in [-0.2, 0) is 0 Å². The molecular weight excluding hydrogens is 383 g/mol. The summed E-state index contributed by atoms with van der Waals surface area (Å²) in [5, 5.41) is 14.8. The molecule has 3 aromatic rings. The van der Waals surface area contributed by atoms with Gasteiger partial charge in [0.05, 0.1) is 0 Å². The SMILES string of the molecule is Fc1ccc(C2=CC(c3cc(Cl)ccc3OC(F)F)n3nnnc3N2)cc1. The maximum absolute atomic E-state index is 13.2. The zero-order valence-electron chi connectivity index (χ0n) is 13.5. The van der Waals surface area contributed by atoms with E-state index in [-0.39, 0.29) is 11.6 Å². The Labute approximate surface area is 156 Å². The number of nitrogens with one attached hydrogen (secondary N) is 1. The van der Waals surface area contributed by atoms with E-state index in [1.165, 1.54) is 35.0 Å². The highest BCUT2D eigenvalue weighted by atomic mass is 35.5. The molecule has 2 aromatic carbocycles. The maximum atomic E-state index is 13.2. The summed E-state index contributed by atoms with van der Waals surface area (Å²) in [6.45, 7) is -3.00. The molecule has 1 atom stereocenters. The Morgan fingerprint density at radius 1 is 1.15 bits per heavy atom. The Bertz CT molecular complexity index is 1010. The molecule has 0 amide bonds. The molecule has 1 aliphatic rings. The van der Waals surface area contributed by atoms with Gasteiger partial charge in [-0.15, -0.1) is 0 Å². The minimum Gasteiger partial charge on any atom is -0.434 e. The molecule has 0 bridgehead atoms. The van der Waals surface area contributed by atoms with Gasteiger partial charge in [-0.2, -0.15) is 13.5 Å². The van der Waals surface area contributed by atoms with Gasteiger partial charge in [0.15, 0.2) is 0 Å². The molecule has 0 fully saturated rings. The minimum absolute atomic E-state index is 0.0440. The largest absolute Gasteiger partial charge is 0.434 e. The molecule has 2 heterocycles. The first-order chi connectivity index (χ1) is 13.0. The number of hydrogen-bond acceptors (Lipinski definition) is 5. The highest BCUT2D eigenvalue weighted by Crippen LogP contribution is 2.37. The number of anilines is 1. The van der Waals surface area contributed by atoms with Crippen molar-refractivity contribution in [2.24, 2.45) is 0 Å². The number of aromatic nitrogens is 4. The molecule has 27 heavy (non-hydrogen) atoms. The van der Waals surface area contributed by atoms with Crippen LogP contribution in [0.15, 0.2) is 48.5 Å². The Morgan fingerprint density at radius 2 is 1.93 bits per heavy atom. The number of rotatable bonds is 4. The molecule has 6 nitrogen and oxygen atoms in total. The first kappa shape index (κ1) is 17.3. The van der Waals surface area contributed by atoms with Crippen LogP contribution in [0, 0.1) is 5.82 Å². The van der Waals surface area contributed by atoms with Crippen molar-refractivity contribution in [3.8, 4) is 5.75 Å². The molecule has 0 saturated heterocycles. The van der Waals surface area contributed by atoms with Gasteiger partial charge in [-0.3, -0.25) is 0 Å². The van der Waals surface area contributed by atoms with Crippen molar-refractivity contribution in [3.05, 3.63) is 70.5 Å². The maximum Gasteiger partial charge on any atom is 0.387 e. The van der Waals surface area contributed by atoms with Crippen LogP contribution in [0.4, 0.5) is 19.1 Å². The van der Waals surface area contributed by atoms with Crippen LogP contribution in [0.3, 0.4) is 0 Å². The van der Waals surface area contributed by atoms with Crippen LogP contribution in [0.2, 0.25) is 5.02 Å². The highest BCUT2D eigenvalue weighted by molar-refractivity contribution is 6.30. The number of nitrogens with zero attached hydrogens (tertiary/aromatic N) is 4. The number of fused-ring (bicyclic) bond motifs is 1. The third-order valence-corrected chi connectivity index (χ3v) is 4.22. The Hall–Kier alpha value is -3.07. The third-order valence-electron chi connectivity index (χ3n) is 3.99. The Kier molecular flexibility index (Phi) is 4.44. The predicted molar refractivity (Wildman–Crippen MR) is 92.0 cm³/mol. The smallest absolute Gasteiger partial charge is 0.387 e. The second-order valence-corrected chi connectivity index (χ2v) is 6.10. The van der Waals surface area contributed by atoms with Crippen molar-refractivity contribution in [3.63, 3.8) is 0 Å². The van der Waals surface area contributed by atoms with Gasteiger partial charge in [-0.05, 0) is 64.5 Å². The summed E-state index contributed by atoms with van der Waals surface area (Å²) in [7, 11) is 0. The van der Waals surface area contributed by atoms with Crippen molar-refractivity contribution >= 4 is 23.2 Å². The van der Waals surface area contributed by atoms with Crippen molar-refractivity contribution in [1.29, 1.82) is 0 Å². The molecule has 1 aromatic heterocycles. The standard InChI is InChI=1S/C17H11ClF3N5O/c18-10-3-6-15(27-16(20)21)12(7-10)14-8-13(9-1-4-11(19)5-2-9)22-17-23-24-25-26(14)17/h1-8,14,16H,(H,22,23,25). The Morgan fingerprint density at radius 3 is 2.67 bits per heavy atom. The lowest BCUT2D eigenvalue weighted by Crippen LogP contribution is -2.21. The van der Waals surface area contributed by atoms with Gasteiger partial charge in [-0.1, -0.05) is 16.7 Å². The lowest BCUT2D eigenvalue weighted by atomic mass is 10.0. The molecule has 0 radical (unpaired) electrons. The number of ether oxygens (including phenoxy) is 1. The van der Waals surface area contributed by atoms with E-state index in [0.29, 0.717) is 27.8 Å². The molecule has 10 heteroatoms. The molecule has 0 saturated carbocycles.